The molecule has 2 aromatic rings. The first-order chi connectivity index (χ1) is 11.5. The van der Waals surface area contributed by atoms with Gasteiger partial charge in [0.1, 0.15) is 24.7 Å². The normalized spacial score (nSPS) is 10.1. The van der Waals surface area contributed by atoms with Gasteiger partial charge in [-0.05, 0) is 24.3 Å². The van der Waals surface area contributed by atoms with E-state index in [4.69, 9.17) is 21.1 Å². The van der Waals surface area contributed by atoms with Gasteiger partial charge in [0.15, 0.2) is 0 Å². The second-order valence-electron chi connectivity index (χ2n) is 4.74. The van der Waals surface area contributed by atoms with Crippen LogP contribution in [0.4, 0.5) is 4.39 Å². The van der Waals surface area contributed by atoms with Crippen LogP contribution in [-0.4, -0.2) is 25.5 Å². The highest BCUT2D eigenvalue weighted by Crippen LogP contribution is 2.20. The minimum Gasteiger partial charge on any atom is -0.496 e. The Morgan fingerprint density at radius 3 is 2.62 bits per heavy atom. The fourth-order valence-electron chi connectivity index (χ4n) is 1.95. The molecular weight excluding hydrogens is 337 g/mol. The van der Waals surface area contributed by atoms with Gasteiger partial charge in [-0.15, -0.1) is 0 Å². The van der Waals surface area contributed by atoms with Crippen LogP contribution in [0.2, 0.25) is 5.02 Å². The van der Waals surface area contributed by atoms with Gasteiger partial charge in [0.05, 0.1) is 17.7 Å². The summed E-state index contributed by atoms with van der Waals surface area (Å²) in [5, 5.41) is 2.59. The molecule has 0 spiro atoms. The van der Waals surface area contributed by atoms with Gasteiger partial charge in [0.25, 0.3) is 5.91 Å². The number of hydrogen-bond acceptors (Lipinski definition) is 4. The third-order valence-corrected chi connectivity index (χ3v) is 3.54. The third kappa shape index (κ3) is 4.45. The molecule has 7 heteroatoms. The molecule has 0 bridgehead atoms. The van der Waals surface area contributed by atoms with Gasteiger partial charge < -0.3 is 14.8 Å². The SMILES string of the molecule is COc1ccccc1C(=O)NCC(=O)OCc1c(F)cccc1Cl. The summed E-state index contributed by atoms with van der Waals surface area (Å²) in [5.74, 6) is -1.36. The van der Waals surface area contributed by atoms with Crippen molar-refractivity contribution >= 4 is 23.5 Å². The monoisotopic (exact) mass is 351 g/mol. The molecule has 2 aromatic carbocycles. The molecule has 1 N–H and O–H groups in total. The van der Waals surface area contributed by atoms with Crippen molar-refractivity contribution in [1.82, 2.24) is 5.32 Å². The van der Waals surface area contributed by atoms with E-state index in [1.54, 1.807) is 24.3 Å². The lowest BCUT2D eigenvalue weighted by Crippen LogP contribution is -2.30. The maximum Gasteiger partial charge on any atom is 0.325 e. The van der Waals surface area contributed by atoms with Gasteiger partial charge in [-0.3, -0.25) is 9.59 Å². The molecule has 0 fully saturated rings. The molecule has 0 atom stereocenters. The molecule has 126 valence electrons. The lowest BCUT2D eigenvalue weighted by Gasteiger charge is -2.10. The van der Waals surface area contributed by atoms with Gasteiger partial charge in [0, 0.05) is 5.56 Å². The predicted octanol–water partition coefficient (Wildman–Crippen LogP) is 2.96. The molecule has 0 aliphatic rings. The van der Waals surface area contributed by atoms with Crippen molar-refractivity contribution in [2.75, 3.05) is 13.7 Å². The molecule has 24 heavy (non-hydrogen) atoms. The lowest BCUT2D eigenvalue weighted by atomic mass is 10.2. The molecule has 5 nitrogen and oxygen atoms in total. The van der Waals surface area contributed by atoms with E-state index in [1.165, 1.54) is 25.3 Å². The number of halogens is 2. The summed E-state index contributed by atoms with van der Waals surface area (Å²) >= 11 is 5.84. The summed E-state index contributed by atoms with van der Waals surface area (Å²) in [6, 6.07) is 10.8. The number of carbonyl (C=O) groups is 2. The van der Waals surface area contributed by atoms with Crippen molar-refractivity contribution in [1.29, 1.82) is 0 Å². The van der Waals surface area contributed by atoms with E-state index < -0.39 is 17.7 Å². The van der Waals surface area contributed by atoms with E-state index >= 15 is 0 Å². The maximum absolute atomic E-state index is 13.6. The van der Waals surface area contributed by atoms with Gasteiger partial charge in [-0.25, -0.2) is 4.39 Å². The topological polar surface area (TPSA) is 64.6 Å². The summed E-state index contributed by atoms with van der Waals surface area (Å²) in [4.78, 5) is 23.7. The zero-order valence-electron chi connectivity index (χ0n) is 12.8. The smallest absolute Gasteiger partial charge is 0.325 e. The van der Waals surface area contributed by atoms with Crippen molar-refractivity contribution in [3.8, 4) is 5.75 Å². The Morgan fingerprint density at radius 1 is 1.17 bits per heavy atom. The molecule has 0 heterocycles. The van der Waals surface area contributed by atoms with Crippen LogP contribution in [0.3, 0.4) is 0 Å². The zero-order chi connectivity index (χ0) is 17.5. The van der Waals surface area contributed by atoms with Crippen LogP contribution < -0.4 is 10.1 Å². The molecular formula is C17H15ClFNO4. The van der Waals surface area contributed by atoms with Crippen molar-refractivity contribution < 1.29 is 23.5 Å². The lowest BCUT2D eigenvalue weighted by molar-refractivity contribution is -0.143. The second-order valence-corrected chi connectivity index (χ2v) is 5.15. The summed E-state index contributed by atoms with van der Waals surface area (Å²) in [7, 11) is 1.44. The van der Waals surface area contributed by atoms with Crippen LogP contribution in [0.5, 0.6) is 5.75 Å². The third-order valence-electron chi connectivity index (χ3n) is 3.18. The molecule has 0 unspecified atom stereocenters. The van der Waals surface area contributed by atoms with Crippen molar-refractivity contribution in [3.05, 3.63) is 64.4 Å². The van der Waals surface area contributed by atoms with E-state index in [9.17, 15) is 14.0 Å². The minimum atomic E-state index is -0.711. The van der Waals surface area contributed by atoms with Crippen LogP contribution >= 0.6 is 11.6 Å². The minimum absolute atomic E-state index is 0.0866. The predicted molar refractivity (Wildman–Crippen MR) is 86.5 cm³/mol. The number of esters is 1. The summed E-state index contributed by atoms with van der Waals surface area (Å²) in [6.45, 7) is -0.669. The van der Waals surface area contributed by atoms with Crippen LogP contribution in [0.1, 0.15) is 15.9 Å². The highest BCUT2D eigenvalue weighted by atomic mass is 35.5. The van der Waals surface area contributed by atoms with Gasteiger partial charge in [0.2, 0.25) is 0 Å². The number of hydrogen-bond donors (Lipinski definition) is 1. The molecule has 0 radical (unpaired) electrons. The fraction of sp³-hybridized carbons (Fsp3) is 0.176. The number of para-hydroxylation sites is 1. The van der Waals surface area contributed by atoms with E-state index in [0.29, 0.717) is 11.3 Å². The largest absolute Gasteiger partial charge is 0.496 e. The Bertz CT molecular complexity index is 731. The first-order valence-electron chi connectivity index (χ1n) is 7.02. The molecule has 0 aliphatic carbocycles. The number of nitrogens with one attached hydrogen (secondary N) is 1. The molecule has 1 amide bonds. The molecule has 0 saturated heterocycles. The summed E-state index contributed by atoms with van der Waals surface area (Å²) < 4.78 is 23.6. The highest BCUT2D eigenvalue weighted by molar-refractivity contribution is 6.31. The van der Waals surface area contributed by atoms with E-state index in [2.05, 4.69) is 5.32 Å². The number of amides is 1. The van der Waals surface area contributed by atoms with Crippen molar-refractivity contribution in [2.45, 2.75) is 6.61 Å². The van der Waals surface area contributed by atoms with Gasteiger partial charge in [-0.2, -0.15) is 0 Å². The average molecular weight is 352 g/mol. The number of carbonyl (C=O) groups excluding carboxylic acids is 2. The quantitative estimate of drug-likeness (QED) is 0.813. The van der Waals surface area contributed by atoms with E-state index in [1.807, 2.05) is 0 Å². The van der Waals surface area contributed by atoms with Gasteiger partial charge in [-0.1, -0.05) is 29.8 Å². The van der Waals surface area contributed by atoms with Crippen molar-refractivity contribution in [2.24, 2.45) is 0 Å². The molecule has 0 aromatic heterocycles. The second kappa shape index (κ2) is 8.31. The first-order valence-corrected chi connectivity index (χ1v) is 7.40. The molecule has 0 aliphatic heterocycles. The van der Waals surface area contributed by atoms with Crippen LogP contribution in [0.15, 0.2) is 42.5 Å². The van der Waals surface area contributed by atoms with E-state index in [0.717, 1.165) is 0 Å². The maximum atomic E-state index is 13.6. The Kier molecular flexibility index (Phi) is 6.14. The average Bonchev–Trinajstić information content (AvgIpc) is 2.59. The standard InChI is InChI=1S/C17H15ClFNO4/c1-23-15-8-3-2-5-11(15)17(22)20-9-16(21)24-10-12-13(18)6-4-7-14(12)19/h2-8H,9-10H2,1H3,(H,20,22). The van der Waals surface area contributed by atoms with E-state index in [-0.39, 0.29) is 23.7 Å². The molecule has 0 saturated carbocycles. The number of benzene rings is 2. The Hall–Kier alpha value is -2.60. The molecule has 2 rings (SSSR count). The van der Waals surface area contributed by atoms with Crippen molar-refractivity contribution in [3.63, 3.8) is 0 Å². The van der Waals surface area contributed by atoms with Crippen LogP contribution in [0.25, 0.3) is 0 Å². The zero-order valence-corrected chi connectivity index (χ0v) is 13.6. The number of methoxy groups -OCH3 is 1. The Balaban J connectivity index is 1.88. The number of rotatable bonds is 6. The number of ether oxygens (including phenoxy) is 2. The summed E-state index contributed by atoms with van der Waals surface area (Å²) in [6.07, 6.45) is 0. The highest BCUT2D eigenvalue weighted by Gasteiger charge is 2.14. The first kappa shape index (κ1) is 17.7. The fourth-order valence-corrected chi connectivity index (χ4v) is 2.17. The Labute approximate surface area is 143 Å². The van der Waals surface area contributed by atoms with Gasteiger partial charge >= 0.3 is 5.97 Å². The summed E-state index contributed by atoms with van der Waals surface area (Å²) in [5.41, 5.74) is 0.383. The Morgan fingerprint density at radius 2 is 1.92 bits per heavy atom. The van der Waals surface area contributed by atoms with Crippen LogP contribution in [0, 0.1) is 5.82 Å². The van der Waals surface area contributed by atoms with Crippen LogP contribution in [-0.2, 0) is 16.1 Å².